The van der Waals surface area contributed by atoms with Crippen LogP contribution in [-0.2, 0) is 13.2 Å². The molecule has 0 fully saturated rings. The molecule has 0 aliphatic carbocycles. The molecule has 11 nitrogen and oxygen atoms in total. The second kappa shape index (κ2) is 10.5. The molecular formula is C25H28N10O. The van der Waals surface area contributed by atoms with Gasteiger partial charge in [0.1, 0.15) is 0 Å². The molecule has 0 spiro atoms. The number of hydrogen-bond donors (Lipinski definition) is 1. The Labute approximate surface area is 208 Å². The number of para-hydroxylation sites is 2. The highest BCUT2D eigenvalue weighted by Gasteiger charge is 2.17. The molecule has 2 aromatic carbocycles. The number of likely N-dealkylation sites (N-methyl/N-ethyl adjacent to an activating group) is 1. The molecule has 5 aromatic rings. The molecule has 0 aliphatic rings. The lowest BCUT2D eigenvalue weighted by molar-refractivity contribution is 0.102. The van der Waals surface area contributed by atoms with E-state index in [1.165, 1.54) is 4.80 Å². The molecule has 0 bridgehead atoms. The average molecular weight is 485 g/mol. The lowest BCUT2D eigenvalue weighted by Gasteiger charge is -2.19. The minimum atomic E-state index is -0.329. The van der Waals surface area contributed by atoms with Crippen molar-refractivity contribution in [1.29, 1.82) is 0 Å². The second-order valence-electron chi connectivity index (χ2n) is 8.29. The first-order valence-electron chi connectivity index (χ1n) is 12.0. The number of anilines is 1. The number of carbonyl (C=O) groups is 1. The number of hydrogen-bond acceptors (Lipinski definition) is 7. The molecule has 0 saturated carbocycles. The van der Waals surface area contributed by atoms with Crippen molar-refractivity contribution in [3.8, 4) is 11.4 Å². The zero-order chi connectivity index (χ0) is 24.9. The highest BCUT2D eigenvalue weighted by atomic mass is 16.2. The van der Waals surface area contributed by atoms with Crippen LogP contribution < -0.4 is 5.32 Å². The summed E-state index contributed by atoms with van der Waals surface area (Å²) in [5.74, 6) is 0.711. The number of benzene rings is 2. The Kier molecular flexibility index (Phi) is 6.80. The number of nitrogens with one attached hydrogen (secondary N) is 1. The number of amides is 1. The van der Waals surface area contributed by atoms with Crippen molar-refractivity contribution >= 4 is 22.9 Å². The van der Waals surface area contributed by atoms with Gasteiger partial charge in [-0.15, -0.1) is 15.0 Å². The van der Waals surface area contributed by atoms with Crippen LogP contribution in [0.25, 0.3) is 22.4 Å². The smallest absolute Gasteiger partial charge is 0.278 e. The zero-order valence-electron chi connectivity index (χ0n) is 20.3. The first kappa shape index (κ1) is 23.4. The van der Waals surface area contributed by atoms with E-state index in [9.17, 15) is 4.79 Å². The van der Waals surface area contributed by atoms with Crippen LogP contribution in [0.3, 0.4) is 0 Å². The van der Waals surface area contributed by atoms with Crippen LogP contribution in [-0.4, -0.2) is 70.0 Å². The molecule has 0 saturated heterocycles. The number of tetrazole rings is 1. The molecule has 1 N–H and O–H groups in total. The van der Waals surface area contributed by atoms with Gasteiger partial charge in [-0.05, 0) is 36.5 Å². The molecule has 1 amide bonds. The van der Waals surface area contributed by atoms with Gasteiger partial charge >= 0.3 is 0 Å². The third kappa shape index (κ3) is 5.01. The summed E-state index contributed by atoms with van der Waals surface area (Å²) in [4.78, 5) is 21.5. The van der Waals surface area contributed by atoms with Gasteiger partial charge in [-0.25, -0.2) is 9.67 Å². The van der Waals surface area contributed by atoms with Crippen LogP contribution in [0, 0.1) is 0 Å². The van der Waals surface area contributed by atoms with Crippen LogP contribution >= 0.6 is 0 Å². The van der Waals surface area contributed by atoms with E-state index < -0.39 is 0 Å². The van der Waals surface area contributed by atoms with Gasteiger partial charge in [0, 0.05) is 24.8 Å². The summed E-state index contributed by atoms with van der Waals surface area (Å²) in [5.41, 5.74) is 2.98. The summed E-state index contributed by atoms with van der Waals surface area (Å²) in [6.07, 6.45) is 1.71. The maximum atomic E-state index is 13.0. The van der Waals surface area contributed by atoms with Crippen molar-refractivity contribution in [1.82, 2.24) is 44.4 Å². The number of aromatic nitrogens is 8. The summed E-state index contributed by atoms with van der Waals surface area (Å²) >= 11 is 0. The van der Waals surface area contributed by atoms with Crippen LogP contribution in [0.1, 0.15) is 24.3 Å². The van der Waals surface area contributed by atoms with E-state index in [0.717, 1.165) is 36.2 Å². The van der Waals surface area contributed by atoms with E-state index in [1.807, 2.05) is 59.2 Å². The van der Waals surface area contributed by atoms with E-state index in [2.05, 4.69) is 49.6 Å². The minimum Gasteiger partial charge on any atom is -0.309 e. The summed E-state index contributed by atoms with van der Waals surface area (Å²) in [5, 5.41) is 19.9. The Morgan fingerprint density at radius 2 is 1.75 bits per heavy atom. The molecule has 0 aliphatic heterocycles. The maximum absolute atomic E-state index is 13.0. The first-order valence-corrected chi connectivity index (χ1v) is 12.0. The van der Waals surface area contributed by atoms with E-state index in [4.69, 9.17) is 0 Å². The van der Waals surface area contributed by atoms with Crippen LogP contribution in [0.15, 0.2) is 66.9 Å². The lowest BCUT2D eigenvalue weighted by atomic mass is 10.2. The monoisotopic (exact) mass is 484 g/mol. The fourth-order valence-electron chi connectivity index (χ4n) is 4.04. The summed E-state index contributed by atoms with van der Waals surface area (Å²) in [6.45, 7) is 8.04. The predicted molar refractivity (Wildman–Crippen MR) is 136 cm³/mol. The number of fused-ring (bicyclic) bond motifs is 1. The van der Waals surface area contributed by atoms with Crippen molar-refractivity contribution in [3.05, 3.63) is 72.6 Å². The van der Waals surface area contributed by atoms with Crippen molar-refractivity contribution < 1.29 is 4.79 Å². The maximum Gasteiger partial charge on any atom is 0.278 e. The molecule has 11 heteroatoms. The van der Waals surface area contributed by atoms with E-state index >= 15 is 0 Å². The lowest BCUT2D eigenvalue weighted by Crippen LogP contribution is -2.27. The molecule has 0 radical (unpaired) electrons. The van der Waals surface area contributed by atoms with Crippen LogP contribution in [0.5, 0.6) is 0 Å². The van der Waals surface area contributed by atoms with Crippen molar-refractivity contribution in [2.24, 2.45) is 0 Å². The number of rotatable bonds is 10. The Morgan fingerprint density at radius 3 is 2.56 bits per heavy atom. The van der Waals surface area contributed by atoms with E-state index in [0.29, 0.717) is 18.3 Å². The topological polar surface area (TPSA) is 112 Å². The zero-order valence-corrected chi connectivity index (χ0v) is 20.3. The summed E-state index contributed by atoms with van der Waals surface area (Å²) < 4.78 is 3.64. The third-order valence-corrected chi connectivity index (χ3v) is 6.04. The average Bonchev–Trinajstić information content (AvgIpc) is 3.65. The normalized spacial score (nSPS) is 11.4. The third-order valence-electron chi connectivity index (χ3n) is 6.04. The van der Waals surface area contributed by atoms with Crippen molar-refractivity contribution in [2.75, 3.05) is 25.0 Å². The SMILES string of the molecule is CCN(CC)CCn1c(NC(=O)c2ccn(Cn3nnc(-c4ccccc4)n3)n2)nc2ccccc21. The molecule has 3 heterocycles. The largest absolute Gasteiger partial charge is 0.309 e. The molecule has 3 aromatic heterocycles. The fourth-order valence-corrected chi connectivity index (χ4v) is 4.04. The predicted octanol–water partition coefficient (Wildman–Crippen LogP) is 2.99. The Balaban J connectivity index is 1.30. The highest BCUT2D eigenvalue weighted by molar-refractivity contribution is 6.02. The summed E-state index contributed by atoms with van der Waals surface area (Å²) in [6, 6.07) is 19.2. The number of nitrogens with zero attached hydrogens (tertiary/aromatic N) is 9. The molecular weight excluding hydrogens is 456 g/mol. The number of carbonyl (C=O) groups excluding carboxylic acids is 1. The Hall–Kier alpha value is -4.38. The first-order chi connectivity index (χ1) is 17.6. The van der Waals surface area contributed by atoms with Crippen LogP contribution in [0.2, 0.25) is 0 Å². The van der Waals surface area contributed by atoms with Gasteiger partial charge in [-0.3, -0.25) is 10.1 Å². The van der Waals surface area contributed by atoms with Crippen LogP contribution in [0.4, 0.5) is 5.95 Å². The van der Waals surface area contributed by atoms with Gasteiger partial charge in [0.15, 0.2) is 12.4 Å². The highest BCUT2D eigenvalue weighted by Crippen LogP contribution is 2.20. The van der Waals surface area contributed by atoms with Gasteiger partial charge in [0.25, 0.3) is 5.91 Å². The fraction of sp³-hybridized carbons (Fsp3) is 0.280. The van der Waals surface area contributed by atoms with E-state index in [1.54, 1.807) is 16.9 Å². The Morgan fingerprint density at radius 1 is 0.972 bits per heavy atom. The van der Waals surface area contributed by atoms with Gasteiger partial charge < -0.3 is 9.47 Å². The van der Waals surface area contributed by atoms with Gasteiger partial charge in [-0.1, -0.05) is 56.3 Å². The van der Waals surface area contributed by atoms with Gasteiger partial charge in [0.2, 0.25) is 11.8 Å². The Bertz CT molecular complexity index is 1450. The van der Waals surface area contributed by atoms with Crippen molar-refractivity contribution in [2.45, 2.75) is 27.1 Å². The second-order valence-corrected chi connectivity index (χ2v) is 8.29. The molecule has 0 atom stereocenters. The van der Waals surface area contributed by atoms with Crippen molar-refractivity contribution in [3.63, 3.8) is 0 Å². The van der Waals surface area contributed by atoms with Gasteiger partial charge in [0.05, 0.1) is 11.0 Å². The van der Waals surface area contributed by atoms with E-state index in [-0.39, 0.29) is 18.3 Å². The molecule has 0 unspecified atom stereocenters. The standard InChI is InChI=1S/C25H28N10O/c1-3-32(4-2)16-17-34-22-13-9-8-12-20(22)26-25(34)27-24(36)21-14-15-33(29-21)18-35-30-23(28-31-35)19-10-6-5-7-11-19/h5-15H,3-4,16-18H2,1-2H3,(H,26,27,36). The number of imidazole rings is 1. The van der Waals surface area contributed by atoms with Gasteiger partial charge in [-0.2, -0.15) is 5.10 Å². The quantitative estimate of drug-likeness (QED) is 0.324. The minimum absolute atomic E-state index is 0.232. The molecule has 5 rings (SSSR count). The molecule has 36 heavy (non-hydrogen) atoms. The summed E-state index contributed by atoms with van der Waals surface area (Å²) in [7, 11) is 0. The molecule has 184 valence electrons.